The van der Waals surface area contributed by atoms with Crippen LogP contribution in [0.5, 0.6) is 17.2 Å². The van der Waals surface area contributed by atoms with Crippen LogP contribution in [0, 0.1) is 0 Å². The summed E-state index contributed by atoms with van der Waals surface area (Å²) in [4.78, 5) is 12.0. The first-order chi connectivity index (χ1) is 14.1. The second kappa shape index (κ2) is 10.1. The number of anilines is 1. The quantitative estimate of drug-likeness (QED) is 0.447. The van der Waals surface area contributed by atoms with Gasteiger partial charge in [-0.1, -0.05) is 30.3 Å². The minimum absolute atomic E-state index is 0.214. The van der Waals surface area contributed by atoms with Crippen LogP contribution in [-0.4, -0.2) is 18.1 Å². The van der Waals surface area contributed by atoms with Crippen molar-refractivity contribution in [3.8, 4) is 17.2 Å². The van der Waals surface area contributed by atoms with E-state index in [0.717, 1.165) is 22.7 Å². The fourth-order valence-electron chi connectivity index (χ4n) is 2.43. The van der Waals surface area contributed by atoms with Crippen LogP contribution < -0.4 is 20.1 Å². The molecule has 1 amide bonds. The number of carbonyl (C=O) groups is 1. The van der Waals surface area contributed by atoms with Crippen LogP contribution in [-0.2, 0) is 4.79 Å². The van der Waals surface area contributed by atoms with Gasteiger partial charge in [-0.25, -0.2) is 0 Å². The summed E-state index contributed by atoms with van der Waals surface area (Å²) in [5, 5.41) is 5.80. The fraction of sp³-hybridized carbons (Fsp3) is 0.0435. The Balaban J connectivity index is 1.49. The molecule has 0 saturated heterocycles. The highest BCUT2D eigenvalue weighted by molar-refractivity contribution is 7.80. The number of thiocarbonyl (C=S) groups is 1. The van der Waals surface area contributed by atoms with Crippen molar-refractivity contribution in [3.05, 3.63) is 90.5 Å². The first-order valence-electron chi connectivity index (χ1n) is 8.89. The van der Waals surface area contributed by atoms with Gasteiger partial charge in [-0.3, -0.25) is 10.1 Å². The van der Waals surface area contributed by atoms with E-state index < -0.39 is 0 Å². The van der Waals surface area contributed by atoms with E-state index in [4.69, 9.17) is 21.7 Å². The molecule has 0 saturated carbocycles. The van der Waals surface area contributed by atoms with Crippen molar-refractivity contribution in [2.24, 2.45) is 0 Å². The van der Waals surface area contributed by atoms with Crippen LogP contribution in [0.1, 0.15) is 5.56 Å². The number of nitrogens with one attached hydrogen (secondary N) is 2. The summed E-state index contributed by atoms with van der Waals surface area (Å²) in [5.41, 5.74) is 1.63. The van der Waals surface area contributed by atoms with Gasteiger partial charge in [0.15, 0.2) is 5.11 Å². The third-order valence-electron chi connectivity index (χ3n) is 3.87. The average molecular weight is 404 g/mol. The van der Waals surface area contributed by atoms with Gasteiger partial charge in [0, 0.05) is 11.8 Å². The van der Waals surface area contributed by atoms with E-state index >= 15 is 0 Å². The number of carbonyl (C=O) groups excluding carboxylic acids is 1. The number of hydrogen-bond acceptors (Lipinski definition) is 4. The summed E-state index contributed by atoms with van der Waals surface area (Å²) in [7, 11) is 1.61. The zero-order valence-electron chi connectivity index (χ0n) is 15.8. The van der Waals surface area contributed by atoms with E-state index in [0.29, 0.717) is 5.75 Å². The van der Waals surface area contributed by atoms with Gasteiger partial charge in [0.05, 0.1) is 7.11 Å². The van der Waals surface area contributed by atoms with Gasteiger partial charge in [0.25, 0.3) is 0 Å². The molecule has 29 heavy (non-hydrogen) atoms. The summed E-state index contributed by atoms with van der Waals surface area (Å²) in [6.45, 7) is 0. The van der Waals surface area contributed by atoms with E-state index in [-0.39, 0.29) is 11.0 Å². The Morgan fingerprint density at radius 2 is 1.48 bits per heavy atom. The first kappa shape index (κ1) is 20.1. The topological polar surface area (TPSA) is 59.6 Å². The summed E-state index contributed by atoms with van der Waals surface area (Å²) in [6.07, 6.45) is 3.12. The molecule has 0 heterocycles. The van der Waals surface area contributed by atoms with Gasteiger partial charge < -0.3 is 14.8 Å². The maximum atomic E-state index is 12.0. The van der Waals surface area contributed by atoms with Crippen molar-refractivity contribution >= 4 is 35.0 Å². The summed E-state index contributed by atoms with van der Waals surface area (Å²) < 4.78 is 10.8. The van der Waals surface area contributed by atoms with E-state index in [1.54, 1.807) is 13.2 Å². The van der Waals surface area contributed by atoms with Crippen LogP contribution in [0.3, 0.4) is 0 Å². The lowest BCUT2D eigenvalue weighted by Crippen LogP contribution is -2.32. The molecule has 0 aliphatic rings. The second-order valence-corrected chi connectivity index (χ2v) is 6.40. The Bertz CT molecular complexity index is 985. The Kier molecular flexibility index (Phi) is 6.97. The number of hydrogen-bond donors (Lipinski definition) is 2. The molecule has 0 aliphatic carbocycles. The highest BCUT2D eigenvalue weighted by atomic mass is 32.1. The molecule has 3 aromatic rings. The van der Waals surface area contributed by atoms with E-state index in [1.165, 1.54) is 6.08 Å². The molecule has 2 N–H and O–H groups in total. The number of amides is 1. The van der Waals surface area contributed by atoms with Crippen LogP contribution in [0.15, 0.2) is 84.9 Å². The highest BCUT2D eigenvalue weighted by Gasteiger charge is 2.03. The molecule has 0 aromatic heterocycles. The second-order valence-electron chi connectivity index (χ2n) is 5.99. The van der Waals surface area contributed by atoms with Crippen molar-refractivity contribution in [1.29, 1.82) is 0 Å². The van der Waals surface area contributed by atoms with E-state index in [9.17, 15) is 4.79 Å². The number of methoxy groups -OCH3 is 1. The zero-order chi connectivity index (χ0) is 20.5. The van der Waals surface area contributed by atoms with E-state index in [1.807, 2.05) is 78.9 Å². The molecule has 6 heteroatoms. The number of rotatable bonds is 6. The summed E-state index contributed by atoms with van der Waals surface area (Å²) in [6, 6.07) is 24.2. The van der Waals surface area contributed by atoms with Crippen molar-refractivity contribution in [3.63, 3.8) is 0 Å². The largest absolute Gasteiger partial charge is 0.497 e. The molecule has 3 aromatic carbocycles. The monoisotopic (exact) mass is 404 g/mol. The van der Waals surface area contributed by atoms with Gasteiger partial charge in [0.2, 0.25) is 5.91 Å². The van der Waals surface area contributed by atoms with Gasteiger partial charge in [0.1, 0.15) is 17.2 Å². The van der Waals surface area contributed by atoms with Crippen LogP contribution >= 0.6 is 12.2 Å². The molecular weight excluding hydrogens is 384 g/mol. The normalized spacial score (nSPS) is 10.4. The Hall–Kier alpha value is -3.64. The smallest absolute Gasteiger partial charge is 0.250 e. The van der Waals surface area contributed by atoms with Crippen LogP contribution in [0.2, 0.25) is 0 Å². The predicted molar refractivity (Wildman–Crippen MR) is 119 cm³/mol. The molecule has 5 nitrogen and oxygen atoms in total. The van der Waals surface area contributed by atoms with Crippen molar-refractivity contribution in [2.75, 3.05) is 12.4 Å². The van der Waals surface area contributed by atoms with Crippen molar-refractivity contribution < 1.29 is 14.3 Å². The minimum Gasteiger partial charge on any atom is -0.497 e. The van der Waals surface area contributed by atoms with Crippen LogP contribution in [0.25, 0.3) is 6.08 Å². The van der Waals surface area contributed by atoms with Gasteiger partial charge in [-0.15, -0.1) is 0 Å². The molecule has 0 unspecified atom stereocenters. The lowest BCUT2D eigenvalue weighted by molar-refractivity contribution is -0.115. The SMILES string of the molecule is COc1ccc(C=CC(=O)NC(=S)Nc2ccc(Oc3ccccc3)cc2)cc1. The first-order valence-corrected chi connectivity index (χ1v) is 9.30. The van der Waals surface area contributed by atoms with Crippen LogP contribution in [0.4, 0.5) is 5.69 Å². The Morgan fingerprint density at radius 3 is 2.14 bits per heavy atom. The fourth-order valence-corrected chi connectivity index (χ4v) is 2.65. The summed E-state index contributed by atoms with van der Waals surface area (Å²) in [5.74, 6) is 1.92. The maximum Gasteiger partial charge on any atom is 0.250 e. The standard InChI is InChI=1S/C23H20N2O3S/c1-27-19-12-7-17(8-13-19)9-16-22(26)25-23(29)24-18-10-14-21(15-11-18)28-20-5-3-2-4-6-20/h2-16H,1H3,(H2,24,25,26,29). The minimum atomic E-state index is -0.317. The molecule has 0 fully saturated rings. The molecule has 0 radical (unpaired) electrons. The molecule has 3 rings (SSSR count). The van der Waals surface area contributed by atoms with Gasteiger partial charge in [-0.05, 0) is 72.4 Å². The molecule has 146 valence electrons. The number of para-hydroxylation sites is 1. The van der Waals surface area contributed by atoms with Gasteiger partial charge in [-0.2, -0.15) is 0 Å². The maximum absolute atomic E-state index is 12.0. The van der Waals surface area contributed by atoms with E-state index in [2.05, 4.69) is 10.6 Å². The van der Waals surface area contributed by atoms with Crippen molar-refractivity contribution in [2.45, 2.75) is 0 Å². The Labute approximate surface area is 175 Å². The van der Waals surface area contributed by atoms with Gasteiger partial charge >= 0.3 is 0 Å². The lowest BCUT2D eigenvalue weighted by Gasteiger charge is -2.10. The predicted octanol–water partition coefficient (Wildman–Crippen LogP) is 5.01. The lowest BCUT2D eigenvalue weighted by atomic mass is 10.2. The third-order valence-corrected chi connectivity index (χ3v) is 4.07. The molecule has 0 atom stereocenters. The summed E-state index contributed by atoms with van der Waals surface area (Å²) >= 11 is 5.19. The molecule has 0 spiro atoms. The zero-order valence-corrected chi connectivity index (χ0v) is 16.6. The third kappa shape index (κ3) is 6.48. The Morgan fingerprint density at radius 1 is 0.862 bits per heavy atom. The average Bonchev–Trinajstić information content (AvgIpc) is 2.75. The number of benzene rings is 3. The highest BCUT2D eigenvalue weighted by Crippen LogP contribution is 2.22. The van der Waals surface area contributed by atoms with Crippen molar-refractivity contribution in [1.82, 2.24) is 5.32 Å². The molecule has 0 bridgehead atoms. The molecule has 0 aliphatic heterocycles. The molecular formula is C23H20N2O3S. The number of ether oxygens (including phenoxy) is 2.